The van der Waals surface area contributed by atoms with E-state index < -0.39 is 11.9 Å². The van der Waals surface area contributed by atoms with Crippen LogP contribution in [0, 0.1) is 11.3 Å². The lowest BCUT2D eigenvalue weighted by Crippen LogP contribution is -2.43. The number of nitrogens with zero attached hydrogens (tertiary/aromatic N) is 2. The van der Waals surface area contributed by atoms with Gasteiger partial charge in [-0.25, -0.2) is 0 Å². The molecule has 3 N–H and O–H groups in total. The van der Waals surface area contributed by atoms with Crippen molar-refractivity contribution in [1.29, 1.82) is 5.26 Å². The first-order valence-corrected chi connectivity index (χ1v) is 5.73. The second kappa shape index (κ2) is 6.52. The molecule has 1 unspecified atom stereocenters. The minimum Gasteiger partial charge on any atom is -0.369 e. The van der Waals surface area contributed by atoms with Crippen molar-refractivity contribution < 1.29 is 9.59 Å². The predicted molar refractivity (Wildman–Crippen MR) is 71.1 cm³/mol. The Bertz CT molecular complexity index is 522. The molecule has 6 heteroatoms. The summed E-state index contributed by atoms with van der Waals surface area (Å²) in [4.78, 5) is 24.3. The minimum atomic E-state index is -0.502. The lowest BCUT2D eigenvalue weighted by Gasteiger charge is -2.22. The first-order chi connectivity index (χ1) is 8.93. The number of carbonyl (C=O) groups is 2. The van der Waals surface area contributed by atoms with Gasteiger partial charge in [-0.1, -0.05) is 6.07 Å². The van der Waals surface area contributed by atoms with Crippen molar-refractivity contribution in [3.8, 4) is 6.07 Å². The Morgan fingerprint density at radius 2 is 2.21 bits per heavy atom. The average Bonchev–Trinajstić information content (AvgIpc) is 2.37. The number of primary amides is 1. The Morgan fingerprint density at radius 1 is 1.53 bits per heavy atom. The van der Waals surface area contributed by atoms with Gasteiger partial charge in [0.15, 0.2) is 0 Å². The Kier molecular flexibility index (Phi) is 5.03. The number of rotatable bonds is 5. The number of nitriles is 1. The van der Waals surface area contributed by atoms with Gasteiger partial charge < -0.3 is 11.1 Å². The molecule has 0 aliphatic rings. The average molecular weight is 260 g/mol. The van der Waals surface area contributed by atoms with Crippen LogP contribution in [-0.2, 0) is 9.59 Å². The van der Waals surface area contributed by atoms with Crippen molar-refractivity contribution in [2.75, 3.05) is 18.9 Å². The van der Waals surface area contributed by atoms with Crippen LogP contribution in [0.4, 0.5) is 5.69 Å². The van der Waals surface area contributed by atoms with Crippen LogP contribution in [0.1, 0.15) is 12.5 Å². The molecular formula is C13H16N4O2. The molecule has 100 valence electrons. The Morgan fingerprint density at radius 3 is 2.79 bits per heavy atom. The van der Waals surface area contributed by atoms with Crippen LogP contribution in [-0.4, -0.2) is 36.3 Å². The van der Waals surface area contributed by atoms with Crippen LogP contribution >= 0.6 is 0 Å². The van der Waals surface area contributed by atoms with Crippen LogP contribution in [0.15, 0.2) is 24.3 Å². The van der Waals surface area contributed by atoms with E-state index in [4.69, 9.17) is 11.0 Å². The number of anilines is 1. The fourth-order valence-electron chi connectivity index (χ4n) is 1.50. The zero-order chi connectivity index (χ0) is 14.4. The van der Waals surface area contributed by atoms with Crippen molar-refractivity contribution in [3.63, 3.8) is 0 Å². The molecule has 19 heavy (non-hydrogen) atoms. The summed E-state index contributed by atoms with van der Waals surface area (Å²) in [6, 6.07) is 8.11. The second-order valence-corrected chi connectivity index (χ2v) is 4.24. The molecule has 1 aromatic carbocycles. The molecular weight excluding hydrogens is 244 g/mol. The molecule has 1 atom stereocenters. The number of benzene rings is 1. The summed E-state index contributed by atoms with van der Waals surface area (Å²) in [5, 5.41) is 11.5. The van der Waals surface area contributed by atoms with E-state index >= 15 is 0 Å². The molecule has 1 aromatic rings. The van der Waals surface area contributed by atoms with Crippen LogP contribution in [0.3, 0.4) is 0 Å². The number of carbonyl (C=O) groups excluding carboxylic acids is 2. The van der Waals surface area contributed by atoms with Gasteiger partial charge in [-0.15, -0.1) is 0 Å². The smallest absolute Gasteiger partial charge is 0.241 e. The molecule has 0 fully saturated rings. The lowest BCUT2D eigenvalue weighted by molar-refractivity contribution is -0.123. The van der Waals surface area contributed by atoms with E-state index in [-0.39, 0.29) is 12.5 Å². The van der Waals surface area contributed by atoms with E-state index in [0.717, 1.165) is 0 Å². The molecule has 0 radical (unpaired) electrons. The Labute approximate surface area is 111 Å². The van der Waals surface area contributed by atoms with Gasteiger partial charge in [0.2, 0.25) is 11.8 Å². The van der Waals surface area contributed by atoms with Crippen LogP contribution in [0.25, 0.3) is 0 Å². The van der Waals surface area contributed by atoms with E-state index in [9.17, 15) is 9.59 Å². The van der Waals surface area contributed by atoms with Gasteiger partial charge in [-0.3, -0.25) is 14.5 Å². The summed E-state index contributed by atoms with van der Waals surface area (Å²) < 4.78 is 0. The van der Waals surface area contributed by atoms with Gasteiger partial charge in [0, 0.05) is 5.69 Å². The lowest BCUT2D eigenvalue weighted by atomic mass is 10.2. The summed E-state index contributed by atoms with van der Waals surface area (Å²) >= 11 is 0. The summed E-state index contributed by atoms with van der Waals surface area (Å²) in [7, 11) is 1.64. The minimum absolute atomic E-state index is 0.00677. The Hall–Kier alpha value is -2.39. The first-order valence-electron chi connectivity index (χ1n) is 5.73. The largest absolute Gasteiger partial charge is 0.369 e. The zero-order valence-corrected chi connectivity index (χ0v) is 10.9. The number of nitrogens with two attached hydrogens (primary N) is 1. The molecule has 0 heterocycles. The first kappa shape index (κ1) is 14.7. The summed E-state index contributed by atoms with van der Waals surface area (Å²) in [6.07, 6.45) is 0. The maximum atomic E-state index is 11.9. The maximum Gasteiger partial charge on any atom is 0.241 e. The van der Waals surface area contributed by atoms with Gasteiger partial charge in [-0.2, -0.15) is 5.26 Å². The van der Waals surface area contributed by atoms with E-state index in [1.54, 1.807) is 43.1 Å². The molecule has 1 rings (SSSR count). The van der Waals surface area contributed by atoms with Crippen LogP contribution < -0.4 is 11.1 Å². The highest BCUT2D eigenvalue weighted by atomic mass is 16.2. The number of nitrogens with one attached hydrogen (secondary N) is 1. The number of amides is 2. The second-order valence-electron chi connectivity index (χ2n) is 4.24. The van der Waals surface area contributed by atoms with Crippen molar-refractivity contribution in [3.05, 3.63) is 29.8 Å². The third-order valence-electron chi connectivity index (χ3n) is 2.71. The fourth-order valence-corrected chi connectivity index (χ4v) is 1.50. The number of likely N-dealkylation sites (N-methyl/N-ethyl adjacent to an activating group) is 1. The van der Waals surface area contributed by atoms with Crippen molar-refractivity contribution in [1.82, 2.24) is 4.90 Å². The highest BCUT2D eigenvalue weighted by molar-refractivity contribution is 5.95. The monoisotopic (exact) mass is 260 g/mol. The molecule has 0 bridgehead atoms. The normalized spacial score (nSPS) is 11.7. The van der Waals surface area contributed by atoms with Gasteiger partial charge >= 0.3 is 0 Å². The maximum absolute atomic E-state index is 11.9. The molecule has 0 spiro atoms. The van der Waals surface area contributed by atoms with E-state index in [2.05, 4.69) is 5.32 Å². The van der Waals surface area contributed by atoms with Crippen molar-refractivity contribution in [2.24, 2.45) is 5.73 Å². The van der Waals surface area contributed by atoms with E-state index in [0.29, 0.717) is 11.3 Å². The standard InChI is InChI=1S/C13H16N4O2/c1-9(17(2)8-12(15)18)13(19)16-11-5-3-4-10(6-11)7-14/h3-6,9H,8H2,1-2H3,(H2,15,18)(H,16,19). The highest BCUT2D eigenvalue weighted by Gasteiger charge is 2.19. The highest BCUT2D eigenvalue weighted by Crippen LogP contribution is 2.10. The third kappa shape index (κ3) is 4.41. The molecule has 0 aromatic heterocycles. The van der Waals surface area contributed by atoms with Crippen molar-refractivity contribution >= 4 is 17.5 Å². The van der Waals surface area contributed by atoms with Gasteiger partial charge in [0.05, 0.1) is 24.2 Å². The molecule has 0 saturated carbocycles. The SMILES string of the molecule is CC(C(=O)Nc1cccc(C#N)c1)N(C)CC(N)=O. The number of hydrogen-bond acceptors (Lipinski definition) is 4. The Balaban J connectivity index is 2.68. The molecule has 2 amide bonds. The van der Waals surface area contributed by atoms with E-state index in [1.165, 1.54) is 0 Å². The fraction of sp³-hybridized carbons (Fsp3) is 0.308. The quantitative estimate of drug-likeness (QED) is 0.795. The molecule has 0 aliphatic heterocycles. The summed E-state index contributed by atoms with van der Waals surface area (Å²) in [6.45, 7) is 1.68. The predicted octanol–water partition coefficient (Wildman–Crippen LogP) is 0.302. The molecule has 6 nitrogen and oxygen atoms in total. The van der Waals surface area contributed by atoms with Gasteiger partial charge in [-0.05, 0) is 32.2 Å². The van der Waals surface area contributed by atoms with E-state index in [1.807, 2.05) is 6.07 Å². The van der Waals surface area contributed by atoms with Crippen LogP contribution in [0.5, 0.6) is 0 Å². The van der Waals surface area contributed by atoms with Gasteiger partial charge in [0.1, 0.15) is 0 Å². The van der Waals surface area contributed by atoms with Gasteiger partial charge in [0.25, 0.3) is 0 Å². The molecule has 0 aliphatic carbocycles. The summed E-state index contributed by atoms with van der Waals surface area (Å²) in [5.41, 5.74) is 6.09. The van der Waals surface area contributed by atoms with Crippen molar-refractivity contribution in [2.45, 2.75) is 13.0 Å². The third-order valence-corrected chi connectivity index (χ3v) is 2.71. The number of hydrogen-bond donors (Lipinski definition) is 2. The molecule has 0 saturated heterocycles. The topological polar surface area (TPSA) is 99.2 Å². The summed E-state index contributed by atoms with van der Waals surface area (Å²) in [5.74, 6) is -0.757. The zero-order valence-electron chi connectivity index (χ0n) is 10.9. The van der Waals surface area contributed by atoms with Crippen LogP contribution in [0.2, 0.25) is 0 Å².